The van der Waals surface area contributed by atoms with Crippen LogP contribution in [0.2, 0.25) is 0 Å². The van der Waals surface area contributed by atoms with Crippen LogP contribution in [0, 0.1) is 5.92 Å². The second kappa shape index (κ2) is 7.87. The van der Waals surface area contributed by atoms with Crippen molar-refractivity contribution in [3.63, 3.8) is 0 Å². The standard InChI is InChI=1S/C20H21ClN2O6/c1-20(2,3)28-19(27)22-15-10-11(21)8-9-14(15)18(26)29-23-16(24)12-6-4-5-7-13(12)17(23)25/h4-8,14-15H,9-10H2,1-3H3,(H,22,27). The van der Waals surface area contributed by atoms with Crippen molar-refractivity contribution < 1.29 is 28.8 Å². The van der Waals surface area contributed by atoms with E-state index in [2.05, 4.69) is 5.32 Å². The zero-order valence-electron chi connectivity index (χ0n) is 16.2. The average Bonchev–Trinajstić information content (AvgIpc) is 2.85. The van der Waals surface area contributed by atoms with E-state index in [0.717, 1.165) is 0 Å². The summed E-state index contributed by atoms with van der Waals surface area (Å²) in [6.45, 7) is 5.15. The van der Waals surface area contributed by atoms with Crippen LogP contribution < -0.4 is 5.32 Å². The van der Waals surface area contributed by atoms with E-state index in [1.165, 1.54) is 12.1 Å². The van der Waals surface area contributed by atoms with Crippen molar-refractivity contribution in [2.75, 3.05) is 0 Å². The average molecular weight is 421 g/mol. The van der Waals surface area contributed by atoms with Gasteiger partial charge in [-0.05, 0) is 39.3 Å². The number of fused-ring (bicyclic) bond motifs is 1. The highest BCUT2D eigenvalue weighted by atomic mass is 35.5. The molecule has 0 bridgehead atoms. The Morgan fingerprint density at radius 2 is 1.72 bits per heavy atom. The molecule has 1 aliphatic heterocycles. The maximum atomic E-state index is 12.7. The Morgan fingerprint density at radius 3 is 2.28 bits per heavy atom. The highest BCUT2D eigenvalue weighted by Gasteiger charge is 2.42. The number of carbonyl (C=O) groups is 4. The number of carbonyl (C=O) groups excluding carboxylic acids is 4. The number of imide groups is 1. The summed E-state index contributed by atoms with van der Waals surface area (Å²) in [5.41, 5.74) is -0.380. The van der Waals surface area contributed by atoms with Gasteiger partial charge in [-0.3, -0.25) is 9.59 Å². The van der Waals surface area contributed by atoms with E-state index < -0.39 is 41.4 Å². The van der Waals surface area contributed by atoms with E-state index in [4.69, 9.17) is 21.2 Å². The van der Waals surface area contributed by atoms with Gasteiger partial charge in [-0.1, -0.05) is 34.9 Å². The number of benzene rings is 1. The Kier molecular flexibility index (Phi) is 5.66. The van der Waals surface area contributed by atoms with Gasteiger partial charge in [-0.15, -0.1) is 0 Å². The van der Waals surface area contributed by atoms with Crippen molar-refractivity contribution in [3.05, 3.63) is 46.5 Å². The maximum Gasteiger partial charge on any atom is 0.407 e. The van der Waals surface area contributed by atoms with Gasteiger partial charge in [0.15, 0.2) is 0 Å². The van der Waals surface area contributed by atoms with Crippen LogP contribution in [0.15, 0.2) is 35.4 Å². The first-order valence-electron chi connectivity index (χ1n) is 9.10. The largest absolute Gasteiger partial charge is 0.444 e. The number of ether oxygens (including phenoxy) is 1. The van der Waals surface area contributed by atoms with Crippen molar-refractivity contribution >= 4 is 35.5 Å². The minimum Gasteiger partial charge on any atom is -0.444 e. The van der Waals surface area contributed by atoms with E-state index in [1.807, 2.05) is 0 Å². The van der Waals surface area contributed by atoms with Crippen LogP contribution in [0.4, 0.5) is 4.79 Å². The van der Waals surface area contributed by atoms with Gasteiger partial charge in [0, 0.05) is 11.5 Å². The summed E-state index contributed by atoms with van der Waals surface area (Å²) in [4.78, 5) is 54.8. The molecule has 0 radical (unpaired) electrons. The molecule has 0 aromatic heterocycles. The summed E-state index contributed by atoms with van der Waals surface area (Å²) in [5.74, 6) is -3.07. The maximum absolute atomic E-state index is 12.7. The molecular weight excluding hydrogens is 400 g/mol. The fraction of sp³-hybridized carbons (Fsp3) is 0.400. The summed E-state index contributed by atoms with van der Waals surface area (Å²) in [7, 11) is 0. The molecule has 1 aromatic carbocycles. The third-order valence-electron chi connectivity index (χ3n) is 4.44. The minimum atomic E-state index is -0.839. The van der Waals surface area contributed by atoms with E-state index in [9.17, 15) is 19.2 Å². The fourth-order valence-electron chi connectivity index (χ4n) is 3.13. The Hall–Kier alpha value is -2.87. The number of nitrogens with one attached hydrogen (secondary N) is 1. The molecule has 2 unspecified atom stereocenters. The van der Waals surface area contributed by atoms with Gasteiger partial charge < -0.3 is 14.9 Å². The molecule has 3 amide bonds. The lowest BCUT2D eigenvalue weighted by molar-refractivity contribution is -0.174. The lowest BCUT2D eigenvalue weighted by Gasteiger charge is -2.30. The molecule has 1 aromatic rings. The number of alkyl carbamates (subject to hydrolysis) is 1. The van der Waals surface area contributed by atoms with Gasteiger partial charge in [-0.2, -0.15) is 0 Å². The topological polar surface area (TPSA) is 102 Å². The molecule has 0 saturated heterocycles. The molecule has 1 N–H and O–H groups in total. The molecule has 3 rings (SSSR count). The van der Waals surface area contributed by atoms with Gasteiger partial charge in [-0.25, -0.2) is 9.59 Å². The molecule has 1 aliphatic carbocycles. The van der Waals surface area contributed by atoms with Crippen LogP contribution in [0.25, 0.3) is 0 Å². The highest BCUT2D eigenvalue weighted by molar-refractivity contribution is 6.29. The molecule has 1 heterocycles. The summed E-state index contributed by atoms with van der Waals surface area (Å²) in [6.07, 6.45) is 1.32. The lowest BCUT2D eigenvalue weighted by Crippen LogP contribution is -2.48. The van der Waals surface area contributed by atoms with Gasteiger partial charge in [0.2, 0.25) is 0 Å². The molecule has 9 heteroatoms. The second-order valence-corrected chi connectivity index (χ2v) is 8.30. The first-order valence-corrected chi connectivity index (χ1v) is 9.48. The van der Waals surface area contributed by atoms with Crippen molar-refractivity contribution in [2.24, 2.45) is 5.92 Å². The smallest absolute Gasteiger partial charge is 0.407 e. The number of rotatable bonds is 3. The van der Waals surface area contributed by atoms with Crippen LogP contribution in [0.5, 0.6) is 0 Å². The number of amides is 3. The zero-order chi connectivity index (χ0) is 21.3. The summed E-state index contributed by atoms with van der Waals surface area (Å²) in [6, 6.07) is 5.50. The molecule has 0 saturated carbocycles. The molecule has 8 nitrogen and oxygen atoms in total. The SMILES string of the molecule is CC(C)(C)OC(=O)NC1CC(Cl)=CCC1C(=O)ON1C(=O)c2ccccc2C1=O. The molecule has 2 aliphatic rings. The number of allylic oxidation sites excluding steroid dienone is 1. The Labute approximate surface area is 172 Å². The van der Waals surface area contributed by atoms with E-state index >= 15 is 0 Å². The predicted octanol–water partition coefficient (Wildman–Crippen LogP) is 3.17. The summed E-state index contributed by atoms with van der Waals surface area (Å²) < 4.78 is 5.23. The quantitative estimate of drug-likeness (QED) is 0.753. The molecule has 154 valence electrons. The fourth-order valence-corrected chi connectivity index (χ4v) is 3.39. The van der Waals surface area contributed by atoms with Crippen molar-refractivity contribution in [2.45, 2.75) is 45.3 Å². The third kappa shape index (κ3) is 4.59. The normalized spacial score (nSPS) is 21.4. The summed E-state index contributed by atoms with van der Waals surface area (Å²) in [5, 5.41) is 3.56. The van der Waals surface area contributed by atoms with Crippen LogP contribution in [0.1, 0.15) is 54.3 Å². The van der Waals surface area contributed by atoms with Crippen LogP contribution in [0.3, 0.4) is 0 Å². The predicted molar refractivity (Wildman–Crippen MR) is 103 cm³/mol. The van der Waals surface area contributed by atoms with Crippen LogP contribution >= 0.6 is 11.6 Å². The Bertz CT molecular complexity index is 869. The van der Waals surface area contributed by atoms with Crippen molar-refractivity contribution in [1.82, 2.24) is 10.4 Å². The Balaban J connectivity index is 1.72. The first kappa shape index (κ1) is 20.9. The lowest BCUT2D eigenvalue weighted by atomic mass is 9.89. The molecule has 0 spiro atoms. The molecule has 0 fully saturated rings. The third-order valence-corrected chi connectivity index (χ3v) is 4.75. The van der Waals surface area contributed by atoms with Gasteiger partial charge in [0.25, 0.3) is 11.8 Å². The molecule has 2 atom stereocenters. The molecule has 29 heavy (non-hydrogen) atoms. The number of halogens is 1. The highest BCUT2D eigenvalue weighted by Crippen LogP contribution is 2.29. The van der Waals surface area contributed by atoms with Crippen LogP contribution in [-0.4, -0.2) is 40.6 Å². The van der Waals surface area contributed by atoms with E-state index in [0.29, 0.717) is 10.1 Å². The minimum absolute atomic E-state index is 0.167. The van der Waals surface area contributed by atoms with Crippen LogP contribution in [-0.2, 0) is 14.4 Å². The van der Waals surface area contributed by atoms with E-state index in [1.54, 1.807) is 39.0 Å². The summed E-state index contributed by atoms with van der Waals surface area (Å²) >= 11 is 6.07. The van der Waals surface area contributed by atoms with E-state index in [-0.39, 0.29) is 24.0 Å². The number of hydrogen-bond acceptors (Lipinski definition) is 6. The Morgan fingerprint density at radius 1 is 1.14 bits per heavy atom. The molecular formula is C20H21ClN2O6. The van der Waals surface area contributed by atoms with Gasteiger partial charge in [0.05, 0.1) is 23.1 Å². The van der Waals surface area contributed by atoms with Crippen molar-refractivity contribution in [1.29, 1.82) is 0 Å². The second-order valence-electron chi connectivity index (χ2n) is 7.81. The first-order chi connectivity index (χ1) is 13.6. The number of hydroxylamine groups is 2. The number of nitrogens with zero attached hydrogens (tertiary/aromatic N) is 1. The monoisotopic (exact) mass is 420 g/mol. The van der Waals surface area contributed by atoms with Gasteiger partial charge in [0.1, 0.15) is 5.60 Å². The van der Waals surface area contributed by atoms with Gasteiger partial charge >= 0.3 is 12.1 Å². The number of hydrogen-bond donors (Lipinski definition) is 1. The zero-order valence-corrected chi connectivity index (χ0v) is 17.0. The van der Waals surface area contributed by atoms with Crippen molar-refractivity contribution in [3.8, 4) is 0 Å².